The molecule has 0 aliphatic carbocycles. The molecule has 0 aromatic rings. The van der Waals surface area contributed by atoms with Crippen LogP contribution in [0.15, 0.2) is 36.5 Å². The Hall–Kier alpha value is -0.835. The topological polar surface area (TPSA) is 27.7 Å². The SMILES string of the molecule is C=C(C)COB(OCC(=C)C)OCC(=C)C. The van der Waals surface area contributed by atoms with Crippen LogP contribution in [0, 0.1) is 0 Å². The molecule has 0 heterocycles. The van der Waals surface area contributed by atoms with Crippen LogP contribution < -0.4 is 0 Å². The lowest BCUT2D eigenvalue weighted by molar-refractivity contribution is 0.116. The second kappa shape index (κ2) is 8.33. The maximum absolute atomic E-state index is 5.38. The van der Waals surface area contributed by atoms with Gasteiger partial charge in [0.2, 0.25) is 0 Å². The molecule has 0 aliphatic rings. The summed E-state index contributed by atoms with van der Waals surface area (Å²) in [6.45, 7) is 18.1. The van der Waals surface area contributed by atoms with Crippen molar-refractivity contribution in [1.82, 2.24) is 0 Å². The maximum atomic E-state index is 5.38. The van der Waals surface area contributed by atoms with Gasteiger partial charge in [-0.1, -0.05) is 36.5 Å². The molecule has 0 aromatic carbocycles. The molecule has 4 heteroatoms. The molecule has 0 radical (unpaired) electrons. The standard InChI is InChI=1S/C12H21BO3/c1-10(2)7-14-13(15-8-11(3)4)16-9-12(5)6/h1,3,5,7-9H2,2,4,6H3. The highest BCUT2D eigenvalue weighted by atomic mass is 16.7. The summed E-state index contributed by atoms with van der Waals surface area (Å²) < 4.78 is 16.1. The minimum absolute atomic E-state index is 0.414. The first-order valence-corrected chi connectivity index (χ1v) is 5.19. The molecule has 0 aliphatic heterocycles. The number of hydrogen-bond donors (Lipinski definition) is 0. The van der Waals surface area contributed by atoms with E-state index in [1.807, 2.05) is 20.8 Å². The molecule has 0 spiro atoms. The Bertz CT molecular complexity index is 218. The Labute approximate surface area is 99.0 Å². The monoisotopic (exact) mass is 224 g/mol. The van der Waals surface area contributed by atoms with Crippen LogP contribution in [0.3, 0.4) is 0 Å². The first kappa shape index (κ1) is 15.2. The van der Waals surface area contributed by atoms with Gasteiger partial charge in [0, 0.05) is 0 Å². The highest BCUT2D eigenvalue weighted by Crippen LogP contribution is 2.01. The fourth-order valence-electron chi connectivity index (χ4n) is 0.775. The minimum atomic E-state index is -0.690. The summed E-state index contributed by atoms with van der Waals surface area (Å²) in [6, 6.07) is 0. The highest BCUT2D eigenvalue weighted by molar-refractivity contribution is 6.36. The van der Waals surface area contributed by atoms with Crippen LogP contribution >= 0.6 is 0 Å². The Morgan fingerprint density at radius 1 is 0.750 bits per heavy atom. The molecule has 0 N–H and O–H groups in total. The van der Waals surface area contributed by atoms with Crippen LogP contribution in [0.25, 0.3) is 0 Å². The first-order chi connectivity index (χ1) is 7.41. The second-order valence-corrected chi connectivity index (χ2v) is 4.09. The molecule has 0 rings (SSSR count). The molecule has 0 amide bonds. The van der Waals surface area contributed by atoms with E-state index in [4.69, 9.17) is 14.0 Å². The predicted molar refractivity (Wildman–Crippen MR) is 68.1 cm³/mol. The Morgan fingerprint density at radius 2 is 1.00 bits per heavy atom. The first-order valence-electron chi connectivity index (χ1n) is 5.19. The molecule has 0 saturated heterocycles. The number of rotatable bonds is 9. The zero-order chi connectivity index (χ0) is 12.6. The smallest absolute Gasteiger partial charge is 0.382 e. The molecule has 3 nitrogen and oxygen atoms in total. The Morgan fingerprint density at radius 3 is 1.19 bits per heavy atom. The van der Waals surface area contributed by atoms with Crippen molar-refractivity contribution in [2.75, 3.05) is 19.8 Å². The van der Waals surface area contributed by atoms with E-state index in [1.54, 1.807) is 0 Å². The van der Waals surface area contributed by atoms with Crippen molar-refractivity contribution in [1.29, 1.82) is 0 Å². The highest BCUT2D eigenvalue weighted by Gasteiger charge is 2.21. The molecule has 0 atom stereocenters. The van der Waals surface area contributed by atoms with Crippen molar-refractivity contribution in [3.63, 3.8) is 0 Å². The fourth-order valence-corrected chi connectivity index (χ4v) is 0.775. The van der Waals surface area contributed by atoms with Gasteiger partial charge in [0.1, 0.15) is 0 Å². The zero-order valence-corrected chi connectivity index (χ0v) is 10.5. The third-order valence-corrected chi connectivity index (χ3v) is 1.40. The van der Waals surface area contributed by atoms with Gasteiger partial charge in [-0.05, 0) is 20.8 Å². The molecule has 16 heavy (non-hydrogen) atoms. The predicted octanol–water partition coefficient (Wildman–Crippen LogP) is 2.75. The van der Waals surface area contributed by atoms with E-state index in [1.165, 1.54) is 0 Å². The van der Waals surface area contributed by atoms with Crippen molar-refractivity contribution in [2.45, 2.75) is 20.8 Å². The molecular formula is C12H21BO3. The Balaban J connectivity index is 3.98. The van der Waals surface area contributed by atoms with E-state index in [2.05, 4.69) is 19.7 Å². The van der Waals surface area contributed by atoms with E-state index in [0.29, 0.717) is 19.8 Å². The van der Waals surface area contributed by atoms with Gasteiger partial charge in [0.15, 0.2) is 0 Å². The summed E-state index contributed by atoms with van der Waals surface area (Å²) in [4.78, 5) is 0. The largest absolute Gasteiger partial charge is 0.640 e. The quantitative estimate of drug-likeness (QED) is 0.445. The van der Waals surface area contributed by atoms with Crippen LogP contribution in [-0.2, 0) is 14.0 Å². The summed E-state index contributed by atoms with van der Waals surface area (Å²) >= 11 is 0. The van der Waals surface area contributed by atoms with Gasteiger partial charge in [0.25, 0.3) is 0 Å². The summed E-state index contributed by atoms with van der Waals surface area (Å²) in [5.41, 5.74) is 2.76. The lowest BCUT2D eigenvalue weighted by Gasteiger charge is -2.14. The summed E-state index contributed by atoms with van der Waals surface area (Å²) in [5, 5.41) is 0. The van der Waals surface area contributed by atoms with E-state index in [-0.39, 0.29) is 0 Å². The summed E-state index contributed by atoms with van der Waals surface area (Å²) in [6.07, 6.45) is 0. The fraction of sp³-hybridized carbons (Fsp3) is 0.500. The van der Waals surface area contributed by atoms with E-state index >= 15 is 0 Å². The van der Waals surface area contributed by atoms with Gasteiger partial charge in [-0.25, -0.2) is 0 Å². The minimum Gasteiger partial charge on any atom is -0.382 e. The molecule has 0 fully saturated rings. The lowest BCUT2D eigenvalue weighted by Crippen LogP contribution is -2.29. The van der Waals surface area contributed by atoms with Crippen molar-refractivity contribution < 1.29 is 14.0 Å². The number of hydrogen-bond acceptors (Lipinski definition) is 3. The van der Waals surface area contributed by atoms with Gasteiger partial charge >= 0.3 is 7.32 Å². The normalized spacial score (nSPS) is 9.94. The van der Waals surface area contributed by atoms with Gasteiger partial charge in [-0.2, -0.15) is 0 Å². The van der Waals surface area contributed by atoms with Crippen LogP contribution in [0.1, 0.15) is 20.8 Å². The summed E-state index contributed by atoms with van der Waals surface area (Å²) in [7, 11) is -0.690. The lowest BCUT2D eigenvalue weighted by atomic mass is 10.2. The molecule has 0 aromatic heterocycles. The van der Waals surface area contributed by atoms with Gasteiger partial charge < -0.3 is 14.0 Å². The molecule has 0 bridgehead atoms. The van der Waals surface area contributed by atoms with Gasteiger partial charge in [-0.3, -0.25) is 0 Å². The van der Waals surface area contributed by atoms with Gasteiger partial charge in [-0.15, -0.1) is 0 Å². The van der Waals surface area contributed by atoms with E-state index in [0.717, 1.165) is 16.7 Å². The summed E-state index contributed by atoms with van der Waals surface area (Å²) in [5.74, 6) is 0. The molecule has 0 saturated carbocycles. The average molecular weight is 224 g/mol. The molecule has 90 valence electrons. The Kier molecular flexibility index (Phi) is 7.90. The third-order valence-electron chi connectivity index (χ3n) is 1.40. The van der Waals surface area contributed by atoms with E-state index in [9.17, 15) is 0 Å². The van der Waals surface area contributed by atoms with Crippen LogP contribution in [-0.4, -0.2) is 27.1 Å². The van der Waals surface area contributed by atoms with E-state index < -0.39 is 7.32 Å². The molecular weight excluding hydrogens is 203 g/mol. The van der Waals surface area contributed by atoms with Crippen LogP contribution in [0.2, 0.25) is 0 Å². The van der Waals surface area contributed by atoms with Gasteiger partial charge in [0.05, 0.1) is 19.8 Å². The average Bonchev–Trinajstić information content (AvgIpc) is 2.15. The second-order valence-electron chi connectivity index (χ2n) is 4.09. The van der Waals surface area contributed by atoms with Crippen molar-refractivity contribution in [2.24, 2.45) is 0 Å². The maximum Gasteiger partial charge on any atom is 0.640 e. The third kappa shape index (κ3) is 9.71. The van der Waals surface area contributed by atoms with Crippen LogP contribution in [0.4, 0.5) is 0 Å². The van der Waals surface area contributed by atoms with Crippen molar-refractivity contribution in [3.8, 4) is 0 Å². The van der Waals surface area contributed by atoms with Crippen LogP contribution in [0.5, 0.6) is 0 Å². The van der Waals surface area contributed by atoms with Crippen molar-refractivity contribution in [3.05, 3.63) is 36.5 Å². The molecule has 0 unspecified atom stereocenters. The zero-order valence-electron chi connectivity index (χ0n) is 10.5. The van der Waals surface area contributed by atoms with Crippen molar-refractivity contribution >= 4 is 7.32 Å².